The molecule has 2 aromatic carbocycles. The summed E-state index contributed by atoms with van der Waals surface area (Å²) in [6, 6.07) is 15.6. The van der Waals surface area contributed by atoms with E-state index in [0.717, 1.165) is 38.7 Å². The fourth-order valence-electron chi connectivity index (χ4n) is 3.39. The normalized spacial score (nSPS) is 10.9. The number of hydrogen-bond acceptors (Lipinski definition) is 8. The smallest absolute Gasteiger partial charge is 0.232 e. The van der Waals surface area contributed by atoms with E-state index in [-0.39, 0.29) is 0 Å². The molecule has 0 radical (unpaired) electrons. The predicted molar refractivity (Wildman–Crippen MR) is 121 cm³/mol. The first kappa shape index (κ1) is 19.1. The fourth-order valence-corrected chi connectivity index (χ4v) is 3.92. The number of fused-ring (bicyclic) bond motifs is 1. The molecule has 31 heavy (non-hydrogen) atoms. The Hall–Kier alpha value is -3.91. The lowest BCUT2D eigenvalue weighted by Gasteiger charge is -2.08. The van der Waals surface area contributed by atoms with Crippen molar-refractivity contribution in [3.8, 4) is 33.9 Å². The van der Waals surface area contributed by atoms with Gasteiger partial charge >= 0.3 is 0 Å². The van der Waals surface area contributed by atoms with E-state index in [1.54, 1.807) is 20.4 Å². The van der Waals surface area contributed by atoms with Gasteiger partial charge in [0, 0.05) is 22.7 Å². The molecule has 0 aliphatic carbocycles. The number of furan rings is 1. The summed E-state index contributed by atoms with van der Waals surface area (Å²) < 4.78 is 16.9. The van der Waals surface area contributed by atoms with Crippen molar-refractivity contribution in [2.24, 2.45) is 0 Å². The number of hydrogen-bond donors (Lipinski definition) is 1. The lowest BCUT2D eigenvalue weighted by Crippen LogP contribution is -1.95. The third-order valence-corrected chi connectivity index (χ3v) is 5.57. The van der Waals surface area contributed by atoms with Gasteiger partial charge < -0.3 is 19.2 Å². The van der Waals surface area contributed by atoms with Gasteiger partial charge in [0.15, 0.2) is 5.13 Å². The zero-order chi connectivity index (χ0) is 21.2. The Labute approximate surface area is 182 Å². The summed E-state index contributed by atoms with van der Waals surface area (Å²) in [7, 11) is 3.29. The van der Waals surface area contributed by atoms with Gasteiger partial charge in [-0.1, -0.05) is 12.1 Å². The van der Waals surface area contributed by atoms with Crippen LogP contribution in [-0.2, 0) is 0 Å². The summed E-state index contributed by atoms with van der Waals surface area (Å²) in [4.78, 5) is 13.2. The van der Waals surface area contributed by atoms with Crippen molar-refractivity contribution in [1.82, 2.24) is 15.0 Å². The number of benzene rings is 2. The van der Waals surface area contributed by atoms with E-state index in [4.69, 9.17) is 13.9 Å². The molecule has 5 rings (SSSR count). The molecule has 0 saturated carbocycles. The summed E-state index contributed by atoms with van der Waals surface area (Å²) in [6.07, 6.45) is 3.23. The average Bonchev–Trinajstić information content (AvgIpc) is 3.47. The minimum absolute atomic E-state index is 0.491. The van der Waals surface area contributed by atoms with E-state index in [0.29, 0.717) is 17.3 Å². The lowest BCUT2D eigenvalue weighted by atomic mass is 9.99. The minimum Gasteiger partial charge on any atom is -0.497 e. The van der Waals surface area contributed by atoms with Gasteiger partial charge in [-0.25, -0.2) is 15.0 Å². The number of rotatable bonds is 6. The van der Waals surface area contributed by atoms with Crippen LogP contribution >= 0.6 is 11.3 Å². The molecule has 1 N–H and O–H groups in total. The molecule has 0 unspecified atom stereocenters. The number of methoxy groups -OCH3 is 2. The molecule has 7 nitrogen and oxygen atoms in total. The maximum atomic E-state index is 6.25. The number of nitrogens with zero attached hydrogens (tertiary/aromatic N) is 3. The molecule has 0 bridgehead atoms. The fraction of sp³-hybridized carbons (Fsp3) is 0.0870. The summed E-state index contributed by atoms with van der Waals surface area (Å²) in [5.41, 5.74) is 3.25. The largest absolute Gasteiger partial charge is 0.497 e. The first-order valence-corrected chi connectivity index (χ1v) is 10.4. The van der Waals surface area contributed by atoms with Crippen molar-refractivity contribution in [1.29, 1.82) is 0 Å². The van der Waals surface area contributed by atoms with Gasteiger partial charge in [0.2, 0.25) is 5.71 Å². The van der Waals surface area contributed by atoms with Gasteiger partial charge in [-0.2, -0.15) is 0 Å². The molecule has 0 saturated heterocycles. The van der Waals surface area contributed by atoms with Crippen molar-refractivity contribution < 1.29 is 13.9 Å². The van der Waals surface area contributed by atoms with Crippen LogP contribution in [0.1, 0.15) is 0 Å². The van der Waals surface area contributed by atoms with Crippen LogP contribution < -0.4 is 14.8 Å². The predicted octanol–water partition coefficient (Wildman–Crippen LogP) is 5.77. The van der Waals surface area contributed by atoms with E-state index in [9.17, 15) is 0 Å². The molecular formula is C23H18N4O3S. The van der Waals surface area contributed by atoms with Gasteiger partial charge in [-0.05, 0) is 42.0 Å². The first-order valence-electron chi connectivity index (χ1n) is 9.49. The molecular weight excluding hydrogens is 412 g/mol. The molecule has 3 aromatic heterocycles. The molecule has 0 spiro atoms. The van der Waals surface area contributed by atoms with E-state index in [1.165, 1.54) is 17.7 Å². The first-order chi connectivity index (χ1) is 15.3. The Bertz CT molecular complexity index is 1310. The maximum Gasteiger partial charge on any atom is 0.232 e. The van der Waals surface area contributed by atoms with Crippen molar-refractivity contribution in [3.05, 3.63) is 66.4 Å². The van der Waals surface area contributed by atoms with E-state index < -0.39 is 0 Å². The summed E-state index contributed by atoms with van der Waals surface area (Å²) >= 11 is 1.50. The van der Waals surface area contributed by atoms with Gasteiger partial charge in [0.05, 0.1) is 19.6 Å². The van der Waals surface area contributed by atoms with Crippen LogP contribution in [0.5, 0.6) is 11.5 Å². The van der Waals surface area contributed by atoms with Gasteiger partial charge in [-0.15, -0.1) is 11.3 Å². The highest BCUT2D eigenvalue weighted by Gasteiger charge is 2.22. The topological polar surface area (TPSA) is 82.3 Å². The highest BCUT2D eigenvalue weighted by molar-refractivity contribution is 7.13. The Morgan fingerprint density at radius 2 is 1.52 bits per heavy atom. The third-order valence-electron chi connectivity index (χ3n) is 4.88. The lowest BCUT2D eigenvalue weighted by molar-refractivity contribution is 0.414. The van der Waals surface area contributed by atoms with Gasteiger partial charge in [-0.3, -0.25) is 0 Å². The zero-order valence-corrected chi connectivity index (χ0v) is 17.6. The number of nitrogens with one attached hydrogen (secondary N) is 1. The highest BCUT2D eigenvalue weighted by Crippen LogP contribution is 2.43. The van der Waals surface area contributed by atoms with Crippen LogP contribution in [0.15, 0.2) is 70.9 Å². The SMILES string of the molecule is COc1ccc(-c2oc3ncnc(Nc4nccs4)c3c2-c2ccc(OC)cc2)cc1. The van der Waals surface area contributed by atoms with Crippen molar-refractivity contribution in [3.63, 3.8) is 0 Å². The molecule has 5 aromatic rings. The molecule has 3 heterocycles. The van der Waals surface area contributed by atoms with Gasteiger partial charge in [0.1, 0.15) is 29.4 Å². The number of aromatic nitrogens is 3. The monoisotopic (exact) mass is 430 g/mol. The summed E-state index contributed by atoms with van der Waals surface area (Å²) in [5, 5.41) is 6.73. The molecule has 0 fully saturated rings. The molecule has 0 aliphatic heterocycles. The van der Waals surface area contributed by atoms with Crippen molar-refractivity contribution in [2.45, 2.75) is 0 Å². The Morgan fingerprint density at radius 3 is 2.13 bits per heavy atom. The maximum absolute atomic E-state index is 6.25. The molecule has 0 atom stereocenters. The van der Waals surface area contributed by atoms with Crippen LogP contribution in [0.2, 0.25) is 0 Å². The zero-order valence-electron chi connectivity index (χ0n) is 16.8. The molecule has 0 amide bonds. The summed E-state index contributed by atoms with van der Waals surface area (Å²) in [5.74, 6) is 2.89. The molecule has 8 heteroatoms. The third kappa shape index (κ3) is 3.57. The van der Waals surface area contributed by atoms with Crippen LogP contribution in [0.3, 0.4) is 0 Å². The van der Waals surface area contributed by atoms with Crippen LogP contribution in [0, 0.1) is 0 Å². The second-order valence-corrected chi connectivity index (χ2v) is 7.52. The quantitative estimate of drug-likeness (QED) is 0.366. The van der Waals surface area contributed by atoms with E-state index in [2.05, 4.69) is 20.3 Å². The van der Waals surface area contributed by atoms with Crippen LogP contribution in [0.25, 0.3) is 33.6 Å². The summed E-state index contributed by atoms with van der Waals surface area (Å²) in [6.45, 7) is 0. The second-order valence-electron chi connectivity index (χ2n) is 6.63. The van der Waals surface area contributed by atoms with Gasteiger partial charge in [0.25, 0.3) is 0 Å². The van der Waals surface area contributed by atoms with Crippen molar-refractivity contribution >= 4 is 33.4 Å². The molecule has 0 aliphatic rings. The highest BCUT2D eigenvalue weighted by atomic mass is 32.1. The van der Waals surface area contributed by atoms with E-state index in [1.807, 2.05) is 53.9 Å². The Morgan fingerprint density at radius 1 is 0.839 bits per heavy atom. The number of ether oxygens (including phenoxy) is 2. The Kier molecular flexibility index (Phi) is 4.97. The van der Waals surface area contributed by atoms with E-state index >= 15 is 0 Å². The minimum atomic E-state index is 0.491. The van der Waals surface area contributed by atoms with Crippen molar-refractivity contribution in [2.75, 3.05) is 19.5 Å². The van der Waals surface area contributed by atoms with Crippen LogP contribution in [0.4, 0.5) is 10.9 Å². The number of anilines is 2. The number of thiazole rings is 1. The Balaban J connectivity index is 1.75. The van der Waals surface area contributed by atoms with Crippen LogP contribution in [-0.4, -0.2) is 29.2 Å². The molecule has 154 valence electrons. The average molecular weight is 430 g/mol. The standard InChI is InChI=1S/C23H18N4O3S/c1-28-16-7-3-14(4-8-16)18-19-21(27-23-24-11-12-31-23)25-13-26-22(19)30-20(18)15-5-9-17(29-2)10-6-15/h3-13H,1-2H3,(H,24,25,26,27). The second kappa shape index (κ2) is 8.08.